The Morgan fingerprint density at radius 2 is 1.57 bits per heavy atom. The number of methoxy groups -OCH3 is 1. The highest BCUT2D eigenvalue weighted by Crippen LogP contribution is 2.36. The number of rotatable bonds is 3. The van der Waals surface area contributed by atoms with Crippen molar-refractivity contribution in [3.05, 3.63) is 77.6 Å². The van der Waals surface area contributed by atoms with E-state index in [4.69, 9.17) is 4.74 Å². The molecule has 1 unspecified atom stereocenters. The van der Waals surface area contributed by atoms with Crippen molar-refractivity contribution in [2.24, 2.45) is 0 Å². The molecule has 0 aromatic heterocycles. The molecule has 0 radical (unpaired) electrons. The zero-order chi connectivity index (χ0) is 14.8. The van der Waals surface area contributed by atoms with Crippen LogP contribution in [0.15, 0.2) is 60.7 Å². The molecule has 0 aliphatic rings. The molecule has 3 aromatic rings. The first-order valence-corrected chi connectivity index (χ1v) is 7.57. The van der Waals surface area contributed by atoms with Crippen molar-refractivity contribution in [3.8, 4) is 5.75 Å². The molecule has 0 aliphatic heterocycles. The normalized spacial score (nSPS) is 12.3. The molecule has 1 nitrogen and oxygen atoms in total. The predicted molar refractivity (Wildman–Crippen MR) is 87.7 cm³/mol. The average molecular weight is 345 g/mol. The molecule has 3 aromatic carbocycles. The fraction of sp³-hybridized carbons (Fsp3) is 0.111. The van der Waals surface area contributed by atoms with Gasteiger partial charge in [0.25, 0.3) is 0 Å². The van der Waals surface area contributed by atoms with Crippen LogP contribution in [0.5, 0.6) is 5.75 Å². The molecule has 0 N–H and O–H groups in total. The van der Waals surface area contributed by atoms with Crippen LogP contribution in [-0.2, 0) is 0 Å². The first-order valence-electron chi connectivity index (χ1n) is 6.66. The molecule has 0 aliphatic carbocycles. The minimum atomic E-state index is -0.191. The first-order chi connectivity index (χ1) is 10.2. The third-order valence-electron chi connectivity index (χ3n) is 3.59. The first kappa shape index (κ1) is 14.1. The Bertz CT molecular complexity index is 768. The zero-order valence-electron chi connectivity index (χ0n) is 11.5. The summed E-state index contributed by atoms with van der Waals surface area (Å²) in [5.74, 6) is 0.631. The maximum absolute atomic E-state index is 13.9. The van der Waals surface area contributed by atoms with Crippen molar-refractivity contribution in [1.82, 2.24) is 0 Å². The van der Waals surface area contributed by atoms with E-state index in [0.29, 0.717) is 5.39 Å². The second-order valence-electron chi connectivity index (χ2n) is 4.82. The van der Waals surface area contributed by atoms with E-state index in [-0.39, 0.29) is 10.6 Å². The topological polar surface area (TPSA) is 9.23 Å². The molecule has 0 saturated heterocycles. The molecule has 0 amide bonds. The van der Waals surface area contributed by atoms with Gasteiger partial charge >= 0.3 is 0 Å². The summed E-state index contributed by atoms with van der Waals surface area (Å²) in [7, 11) is 1.65. The SMILES string of the molecule is COc1ccc(C(Br)c2ccc(F)c3ccccc23)cc1. The van der Waals surface area contributed by atoms with Crippen molar-refractivity contribution in [2.45, 2.75) is 4.83 Å². The minimum absolute atomic E-state index is 0.00825. The van der Waals surface area contributed by atoms with Crippen LogP contribution in [0.4, 0.5) is 4.39 Å². The van der Waals surface area contributed by atoms with Crippen molar-refractivity contribution in [3.63, 3.8) is 0 Å². The number of hydrogen-bond acceptors (Lipinski definition) is 1. The summed E-state index contributed by atoms with van der Waals surface area (Å²) in [6.07, 6.45) is 0. The Labute approximate surface area is 131 Å². The van der Waals surface area contributed by atoms with Crippen molar-refractivity contribution < 1.29 is 9.13 Å². The van der Waals surface area contributed by atoms with E-state index in [9.17, 15) is 4.39 Å². The van der Waals surface area contributed by atoms with Gasteiger partial charge < -0.3 is 4.74 Å². The van der Waals surface area contributed by atoms with E-state index >= 15 is 0 Å². The van der Waals surface area contributed by atoms with Gasteiger partial charge in [-0.1, -0.05) is 58.4 Å². The van der Waals surface area contributed by atoms with E-state index in [1.54, 1.807) is 7.11 Å². The standard InChI is InChI=1S/C18H14BrFO/c1-21-13-8-6-12(7-9-13)18(19)16-10-11-17(20)15-5-3-2-4-14(15)16/h2-11,18H,1H3. The van der Waals surface area contributed by atoms with Gasteiger partial charge in [0.1, 0.15) is 11.6 Å². The highest BCUT2D eigenvalue weighted by Gasteiger charge is 2.15. The summed E-state index contributed by atoms with van der Waals surface area (Å²) in [4.78, 5) is 0.00825. The summed E-state index contributed by atoms with van der Waals surface area (Å²) in [5.41, 5.74) is 2.16. The third-order valence-corrected chi connectivity index (χ3v) is 4.61. The lowest BCUT2D eigenvalue weighted by Gasteiger charge is -2.14. The molecule has 3 heteroatoms. The van der Waals surface area contributed by atoms with Crippen LogP contribution in [0.2, 0.25) is 0 Å². The predicted octanol–water partition coefficient (Wildman–Crippen LogP) is 5.47. The Kier molecular flexibility index (Phi) is 3.93. The second kappa shape index (κ2) is 5.86. The monoisotopic (exact) mass is 344 g/mol. The Morgan fingerprint density at radius 1 is 0.905 bits per heavy atom. The van der Waals surface area contributed by atoms with E-state index in [2.05, 4.69) is 15.9 Å². The number of halogens is 2. The average Bonchev–Trinajstić information content (AvgIpc) is 2.55. The van der Waals surface area contributed by atoms with Crippen LogP contribution in [0.1, 0.15) is 16.0 Å². The number of fused-ring (bicyclic) bond motifs is 1. The van der Waals surface area contributed by atoms with E-state index < -0.39 is 0 Å². The van der Waals surface area contributed by atoms with Gasteiger partial charge in [-0.15, -0.1) is 0 Å². The fourth-order valence-corrected chi connectivity index (χ4v) is 3.16. The largest absolute Gasteiger partial charge is 0.497 e. The maximum Gasteiger partial charge on any atom is 0.131 e. The molecule has 21 heavy (non-hydrogen) atoms. The molecule has 106 valence electrons. The summed E-state index contributed by atoms with van der Waals surface area (Å²) >= 11 is 3.72. The zero-order valence-corrected chi connectivity index (χ0v) is 13.1. The number of ether oxygens (including phenoxy) is 1. The number of alkyl halides is 1. The molecule has 0 fully saturated rings. The summed E-state index contributed by atoms with van der Waals surface area (Å²) < 4.78 is 19.1. The summed E-state index contributed by atoms with van der Waals surface area (Å²) in [6.45, 7) is 0. The molecular weight excluding hydrogens is 331 g/mol. The highest BCUT2D eigenvalue weighted by atomic mass is 79.9. The molecular formula is C18H14BrFO. The van der Waals surface area contributed by atoms with Crippen molar-refractivity contribution in [1.29, 1.82) is 0 Å². The van der Waals surface area contributed by atoms with Crippen LogP contribution >= 0.6 is 15.9 Å². The van der Waals surface area contributed by atoms with Crippen LogP contribution < -0.4 is 4.74 Å². The van der Waals surface area contributed by atoms with Crippen LogP contribution in [0, 0.1) is 5.82 Å². The Balaban J connectivity index is 2.08. The van der Waals surface area contributed by atoms with Gasteiger partial charge in [-0.25, -0.2) is 4.39 Å². The van der Waals surface area contributed by atoms with Crippen molar-refractivity contribution >= 4 is 26.7 Å². The van der Waals surface area contributed by atoms with E-state index in [1.807, 2.05) is 54.6 Å². The van der Waals surface area contributed by atoms with Gasteiger partial charge in [-0.05, 0) is 34.7 Å². The van der Waals surface area contributed by atoms with E-state index in [0.717, 1.165) is 22.3 Å². The van der Waals surface area contributed by atoms with Gasteiger partial charge in [0, 0.05) is 5.39 Å². The van der Waals surface area contributed by atoms with E-state index in [1.165, 1.54) is 6.07 Å². The van der Waals surface area contributed by atoms with Gasteiger partial charge in [0.15, 0.2) is 0 Å². The second-order valence-corrected chi connectivity index (χ2v) is 5.73. The van der Waals surface area contributed by atoms with Gasteiger partial charge in [-0.2, -0.15) is 0 Å². The fourth-order valence-electron chi connectivity index (χ4n) is 2.46. The smallest absolute Gasteiger partial charge is 0.131 e. The summed E-state index contributed by atoms with van der Waals surface area (Å²) in [5, 5.41) is 1.57. The van der Waals surface area contributed by atoms with Crippen molar-refractivity contribution in [2.75, 3.05) is 7.11 Å². The third kappa shape index (κ3) is 2.66. The lowest BCUT2D eigenvalue weighted by Crippen LogP contribution is -1.95. The number of hydrogen-bond donors (Lipinski definition) is 0. The summed E-state index contributed by atoms with van der Waals surface area (Å²) in [6, 6.07) is 18.8. The highest BCUT2D eigenvalue weighted by molar-refractivity contribution is 9.09. The maximum atomic E-state index is 13.9. The quantitative estimate of drug-likeness (QED) is 0.572. The number of benzene rings is 3. The van der Waals surface area contributed by atoms with Crippen LogP contribution in [0.25, 0.3) is 10.8 Å². The van der Waals surface area contributed by atoms with Crippen LogP contribution in [-0.4, -0.2) is 7.11 Å². The lowest BCUT2D eigenvalue weighted by atomic mass is 9.98. The Morgan fingerprint density at radius 3 is 2.24 bits per heavy atom. The van der Waals surface area contributed by atoms with Crippen LogP contribution in [0.3, 0.4) is 0 Å². The lowest BCUT2D eigenvalue weighted by molar-refractivity contribution is 0.414. The minimum Gasteiger partial charge on any atom is -0.497 e. The van der Waals surface area contributed by atoms with Gasteiger partial charge in [0.2, 0.25) is 0 Å². The van der Waals surface area contributed by atoms with Gasteiger partial charge in [0.05, 0.1) is 11.9 Å². The molecule has 0 saturated carbocycles. The Hall–Kier alpha value is -1.87. The molecule has 1 atom stereocenters. The molecule has 0 heterocycles. The molecule has 3 rings (SSSR count). The van der Waals surface area contributed by atoms with Gasteiger partial charge in [-0.3, -0.25) is 0 Å². The molecule has 0 bridgehead atoms. The molecule has 0 spiro atoms.